The maximum Gasteiger partial charge on any atom is 0.123 e. The Hall–Kier alpha value is -1.72. The van der Waals surface area contributed by atoms with Gasteiger partial charge in [-0.1, -0.05) is 19.1 Å². The summed E-state index contributed by atoms with van der Waals surface area (Å²) in [6.45, 7) is 2.76. The van der Waals surface area contributed by atoms with Gasteiger partial charge >= 0.3 is 0 Å². The molecule has 0 saturated heterocycles. The molecule has 0 radical (unpaired) electrons. The van der Waals surface area contributed by atoms with Crippen LogP contribution in [0.25, 0.3) is 10.2 Å². The Bertz CT molecular complexity index is 629. The zero-order valence-corrected chi connectivity index (χ0v) is 11.4. The van der Waals surface area contributed by atoms with E-state index in [0.29, 0.717) is 0 Å². The number of imidazole rings is 1. The highest BCUT2D eigenvalue weighted by atomic mass is 32.1. The molecular weight excluding hydrogens is 258 g/mol. The van der Waals surface area contributed by atoms with E-state index >= 15 is 0 Å². The van der Waals surface area contributed by atoms with Gasteiger partial charge in [0.2, 0.25) is 0 Å². The Labute approximate surface area is 115 Å². The third-order valence-electron chi connectivity index (χ3n) is 3.16. The van der Waals surface area contributed by atoms with Crippen LogP contribution in [0.1, 0.15) is 18.0 Å². The molecule has 2 unspecified atom stereocenters. The first-order valence-electron chi connectivity index (χ1n) is 6.23. The lowest BCUT2D eigenvalue weighted by molar-refractivity contribution is 0.107. The highest BCUT2D eigenvalue weighted by Gasteiger charge is 2.20. The van der Waals surface area contributed by atoms with Crippen molar-refractivity contribution in [3.05, 3.63) is 48.0 Å². The number of hydrogen-bond donors (Lipinski definition) is 1. The van der Waals surface area contributed by atoms with Crippen LogP contribution < -0.4 is 0 Å². The van der Waals surface area contributed by atoms with E-state index in [1.807, 2.05) is 42.0 Å². The van der Waals surface area contributed by atoms with Gasteiger partial charge < -0.3 is 9.67 Å². The van der Waals surface area contributed by atoms with Crippen LogP contribution in [0.2, 0.25) is 0 Å². The van der Waals surface area contributed by atoms with Crippen molar-refractivity contribution in [1.29, 1.82) is 0 Å². The highest BCUT2D eigenvalue weighted by Crippen LogP contribution is 2.30. The molecule has 0 aliphatic carbocycles. The first-order valence-corrected chi connectivity index (χ1v) is 7.05. The van der Waals surface area contributed by atoms with Crippen molar-refractivity contribution in [1.82, 2.24) is 14.5 Å². The number of aromatic nitrogens is 3. The zero-order chi connectivity index (χ0) is 13.2. The number of hydrogen-bond acceptors (Lipinski definition) is 4. The maximum absolute atomic E-state index is 10.4. The van der Waals surface area contributed by atoms with Crippen molar-refractivity contribution in [3.8, 4) is 0 Å². The lowest BCUT2D eigenvalue weighted by Crippen LogP contribution is -2.15. The molecule has 2 heterocycles. The Morgan fingerprint density at radius 1 is 1.37 bits per heavy atom. The minimum atomic E-state index is -0.542. The van der Waals surface area contributed by atoms with Crippen LogP contribution in [0.4, 0.5) is 0 Å². The number of aliphatic hydroxyl groups is 1. The standard InChI is InChI=1S/C14H15N3OS/c1-10(8-17-7-6-15-9-17)13(18)14-16-11-4-2-3-5-12(11)19-14/h2-7,9-10,13,18H,8H2,1H3. The lowest BCUT2D eigenvalue weighted by atomic mass is 10.1. The number of aliphatic hydroxyl groups excluding tert-OH is 1. The fraction of sp³-hybridized carbons (Fsp3) is 0.286. The molecule has 0 bridgehead atoms. The summed E-state index contributed by atoms with van der Waals surface area (Å²) < 4.78 is 3.09. The van der Waals surface area contributed by atoms with E-state index in [2.05, 4.69) is 9.97 Å². The van der Waals surface area contributed by atoms with Gasteiger partial charge in [0.25, 0.3) is 0 Å². The van der Waals surface area contributed by atoms with Crippen molar-refractivity contribution in [2.24, 2.45) is 5.92 Å². The molecule has 98 valence electrons. The maximum atomic E-state index is 10.4. The molecule has 0 spiro atoms. The predicted octanol–water partition coefficient (Wildman–Crippen LogP) is 2.86. The van der Waals surface area contributed by atoms with Crippen molar-refractivity contribution in [3.63, 3.8) is 0 Å². The quantitative estimate of drug-likeness (QED) is 0.795. The fourth-order valence-electron chi connectivity index (χ4n) is 2.09. The third-order valence-corrected chi connectivity index (χ3v) is 4.27. The molecule has 5 heteroatoms. The summed E-state index contributed by atoms with van der Waals surface area (Å²) in [5, 5.41) is 11.2. The van der Waals surface area contributed by atoms with E-state index in [4.69, 9.17) is 0 Å². The molecule has 19 heavy (non-hydrogen) atoms. The number of fused-ring (bicyclic) bond motifs is 1. The summed E-state index contributed by atoms with van der Waals surface area (Å²) in [5.41, 5.74) is 0.955. The van der Waals surface area contributed by atoms with Gasteiger partial charge in [0.05, 0.1) is 16.5 Å². The largest absolute Gasteiger partial charge is 0.386 e. The first kappa shape index (κ1) is 12.3. The van der Waals surface area contributed by atoms with Crippen LogP contribution in [0.3, 0.4) is 0 Å². The molecule has 0 fully saturated rings. The van der Waals surface area contributed by atoms with Gasteiger partial charge in [-0.05, 0) is 12.1 Å². The predicted molar refractivity (Wildman–Crippen MR) is 76.0 cm³/mol. The van der Waals surface area contributed by atoms with Crippen LogP contribution in [0, 0.1) is 5.92 Å². The summed E-state index contributed by atoms with van der Waals surface area (Å²) in [6.07, 6.45) is 4.87. The van der Waals surface area contributed by atoms with Gasteiger partial charge in [-0.25, -0.2) is 9.97 Å². The Morgan fingerprint density at radius 2 is 2.21 bits per heavy atom. The van der Waals surface area contributed by atoms with E-state index in [1.165, 1.54) is 0 Å². The van der Waals surface area contributed by atoms with Gasteiger partial charge in [0.15, 0.2) is 0 Å². The topological polar surface area (TPSA) is 50.9 Å². The molecule has 3 rings (SSSR count). The van der Waals surface area contributed by atoms with Crippen LogP contribution in [0.5, 0.6) is 0 Å². The number of nitrogens with zero attached hydrogens (tertiary/aromatic N) is 3. The zero-order valence-electron chi connectivity index (χ0n) is 10.6. The molecule has 4 nitrogen and oxygen atoms in total. The summed E-state index contributed by atoms with van der Waals surface area (Å²) in [7, 11) is 0. The molecule has 0 aliphatic rings. The average molecular weight is 273 g/mol. The summed E-state index contributed by atoms with van der Waals surface area (Å²) in [6, 6.07) is 7.96. The molecule has 0 saturated carbocycles. The summed E-state index contributed by atoms with van der Waals surface area (Å²) in [4.78, 5) is 8.52. The molecule has 1 aromatic carbocycles. The van der Waals surface area contributed by atoms with E-state index < -0.39 is 6.10 Å². The number of para-hydroxylation sites is 1. The van der Waals surface area contributed by atoms with Crippen LogP contribution in [0.15, 0.2) is 43.0 Å². The molecule has 0 amide bonds. The molecular formula is C14H15N3OS. The third kappa shape index (κ3) is 2.52. The summed E-state index contributed by atoms with van der Waals surface area (Å²) in [5.74, 6) is 0.0924. The van der Waals surface area contributed by atoms with E-state index in [9.17, 15) is 5.11 Å². The van der Waals surface area contributed by atoms with Crippen LogP contribution >= 0.6 is 11.3 Å². The average Bonchev–Trinajstić information content (AvgIpc) is 3.05. The van der Waals surface area contributed by atoms with E-state index in [1.54, 1.807) is 23.9 Å². The monoisotopic (exact) mass is 273 g/mol. The van der Waals surface area contributed by atoms with Crippen molar-refractivity contribution in [2.75, 3.05) is 0 Å². The van der Waals surface area contributed by atoms with E-state index in [-0.39, 0.29) is 5.92 Å². The summed E-state index contributed by atoms with van der Waals surface area (Å²) >= 11 is 1.56. The SMILES string of the molecule is CC(Cn1ccnc1)C(O)c1nc2ccccc2s1. The normalized spacial score (nSPS) is 14.6. The second-order valence-corrected chi connectivity index (χ2v) is 5.76. The fourth-order valence-corrected chi connectivity index (χ4v) is 3.17. The second kappa shape index (κ2) is 5.11. The molecule has 3 aromatic rings. The van der Waals surface area contributed by atoms with E-state index in [0.717, 1.165) is 21.8 Å². The minimum absolute atomic E-state index is 0.0924. The van der Waals surface area contributed by atoms with Gasteiger partial charge in [0, 0.05) is 24.9 Å². The van der Waals surface area contributed by atoms with Crippen molar-refractivity contribution >= 4 is 21.6 Å². The van der Waals surface area contributed by atoms with Crippen molar-refractivity contribution in [2.45, 2.75) is 19.6 Å². The van der Waals surface area contributed by atoms with Gasteiger partial charge in [-0.3, -0.25) is 0 Å². The Kier molecular flexibility index (Phi) is 3.31. The smallest absolute Gasteiger partial charge is 0.123 e. The highest BCUT2D eigenvalue weighted by molar-refractivity contribution is 7.18. The Morgan fingerprint density at radius 3 is 2.95 bits per heavy atom. The minimum Gasteiger partial charge on any atom is -0.386 e. The molecule has 2 aromatic heterocycles. The lowest BCUT2D eigenvalue weighted by Gasteiger charge is -2.16. The molecule has 0 aliphatic heterocycles. The van der Waals surface area contributed by atoms with Crippen LogP contribution in [-0.4, -0.2) is 19.6 Å². The van der Waals surface area contributed by atoms with Gasteiger partial charge in [0.1, 0.15) is 11.1 Å². The van der Waals surface area contributed by atoms with Crippen LogP contribution in [-0.2, 0) is 6.54 Å². The van der Waals surface area contributed by atoms with Gasteiger partial charge in [-0.2, -0.15) is 0 Å². The number of benzene rings is 1. The number of thiazole rings is 1. The molecule has 2 atom stereocenters. The first-order chi connectivity index (χ1) is 9.24. The van der Waals surface area contributed by atoms with Crippen molar-refractivity contribution < 1.29 is 5.11 Å². The van der Waals surface area contributed by atoms with Gasteiger partial charge in [-0.15, -0.1) is 11.3 Å². The number of rotatable bonds is 4. The second-order valence-electron chi connectivity index (χ2n) is 4.70. The molecule has 1 N–H and O–H groups in total. The Balaban J connectivity index is 1.80.